The van der Waals surface area contributed by atoms with Crippen molar-refractivity contribution in [2.45, 2.75) is 65.0 Å². The maximum absolute atomic E-state index is 4.84. The molecule has 4 heteroatoms. The Labute approximate surface area is 153 Å². The summed E-state index contributed by atoms with van der Waals surface area (Å²) in [6, 6.07) is 7.46. The predicted octanol–water partition coefficient (Wildman–Crippen LogP) is 3.10. The van der Waals surface area contributed by atoms with Gasteiger partial charge in [0.2, 0.25) is 0 Å². The number of aryl methyl sites for hydroxylation is 2. The van der Waals surface area contributed by atoms with Gasteiger partial charge in [0.15, 0.2) is 5.96 Å². The van der Waals surface area contributed by atoms with Gasteiger partial charge in [0.1, 0.15) is 0 Å². The summed E-state index contributed by atoms with van der Waals surface area (Å²) in [6.07, 6.45) is 7.47. The minimum atomic E-state index is 0.547. The van der Waals surface area contributed by atoms with E-state index in [-0.39, 0.29) is 0 Å². The minimum Gasteiger partial charge on any atom is -0.357 e. The monoisotopic (exact) mass is 342 g/mol. The quantitative estimate of drug-likeness (QED) is 0.616. The van der Waals surface area contributed by atoms with Crippen LogP contribution in [0.1, 0.15) is 56.2 Å². The zero-order valence-electron chi connectivity index (χ0n) is 16.0. The number of fused-ring (bicyclic) bond motifs is 1. The highest BCUT2D eigenvalue weighted by molar-refractivity contribution is 5.80. The van der Waals surface area contributed by atoms with E-state index in [9.17, 15) is 0 Å². The van der Waals surface area contributed by atoms with Gasteiger partial charge < -0.3 is 15.5 Å². The van der Waals surface area contributed by atoms with E-state index in [1.165, 1.54) is 74.8 Å². The predicted molar refractivity (Wildman–Crippen MR) is 106 cm³/mol. The molecular formula is C21H34N4. The molecule has 138 valence electrons. The molecule has 0 saturated carbocycles. The maximum atomic E-state index is 4.84. The first-order valence-corrected chi connectivity index (χ1v) is 10.2. The molecule has 0 atom stereocenters. The standard InChI is InChI=1S/C21H34N4/c1-3-12-25-13-10-20(11-14-25)24-21(22-4-2)23-16-17-8-9-18-6-5-7-19(18)15-17/h8-9,15,20H,3-7,10-14,16H2,1-2H3,(H2,22,23,24). The molecule has 0 aromatic heterocycles. The zero-order chi connectivity index (χ0) is 17.5. The molecule has 25 heavy (non-hydrogen) atoms. The van der Waals surface area contributed by atoms with Gasteiger partial charge in [-0.1, -0.05) is 25.1 Å². The van der Waals surface area contributed by atoms with E-state index in [4.69, 9.17) is 4.99 Å². The molecule has 2 aliphatic rings. The van der Waals surface area contributed by atoms with Crippen molar-refractivity contribution in [1.82, 2.24) is 15.5 Å². The van der Waals surface area contributed by atoms with E-state index >= 15 is 0 Å². The maximum Gasteiger partial charge on any atom is 0.191 e. The molecule has 1 aromatic rings. The van der Waals surface area contributed by atoms with Gasteiger partial charge in [-0.3, -0.25) is 0 Å². The van der Waals surface area contributed by atoms with Crippen molar-refractivity contribution in [1.29, 1.82) is 0 Å². The number of piperidine rings is 1. The summed E-state index contributed by atoms with van der Waals surface area (Å²) in [5, 5.41) is 7.07. The van der Waals surface area contributed by atoms with E-state index in [0.29, 0.717) is 6.04 Å². The van der Waals surface area contributed by atoms with Crippen LogP contribution in [0.2, 0.25) is 0 Å². The van der Waals surface area contributed by atoms with Crippen molar-refractivity contribution in [3.63, 3.8) is 0 Å². The van der Waals surface area contributed by atoms with Crippen molar-refractivity contribution < 1.29 is 0 Å². The van der Waals surface area contributed by atoms with Crippen molar-refractivity contribution in [2.24, 2.45) is 4.99 Å². The molecule has 4 nitrogen and oxygen atoms in total. The first-order valence-electron chi connectivity index (χ1n) is 10.2. The summed E-state index contributed by atoms with van der Waals surface area (Å²) >= 11 is 0. The van der Waals surface area contributed by atoms with E-state index < -0.39 is 0 Å². The highest BCUT2D eigenvalue weighted by Crippen LogP contribution is 2.23. The Morgan fingerprint density at radius 1 is 1.16 bits per heavy atom. The fourth-order valence-corrected chi connectivity index (χ4v) is 4.02. The van der Waals surface area contributed by atoms with Crippen LogP contribution in [-0.4, -0.2) is 43.1 Å². The lowest BCUT2D eigenvalue weighted by atomic mass is 10.1. The highest BCUT2D eigenvalue weighted by Gasteiger charge is 2.19. The third kappa shape index (κ3) is 5.21. The van der Waals surface area contributed by atoms with Crippen LogP contribution >= 0.6 is 0 Å². The van der Waals surface area contributed by atoms with Gasteiger partial charge in [0.25, 0.3) is 0 Å². The Morgan fingerprint density at radius 3 is 2.72 bits per heavy atom. The van der Waals surface area contributed by atoms with E-state index in [1.807, 2.05) is 0 Å². The summed E-state index contributed by atoms with van der Waals surface area (Å²) in [5.41, 5.74) is 4.40. The molecule has 1 heterocycles. The Balaban J connectivity index is 1.54. The Bertz CT molecular complexity index is 573. The lowest BCUT2D eigenvalue weighted by molar-refractivity contribution is 0.206. The average molecular weight is 343 g/mol. The second-order valence-electron chi connectivity index (χ2n) is 7.41. The molecule has 1 aromatic carbocycles. The first-order chi connectivity index (χ1) is 12.3. The van der Waals surface area contributed by atoms with Crippen LogP contribution in [0.15, 0.2) is 23.2 Å². The Morgan fingerprint density at radius 2 is 1.96 bits per heavy atom. The number of likely N-dealkylation sites (tertiary alicyclic amines) is 1. The van der Waals surface area contributed by atoms with Gasteiger partial charge in [-0.05, 0) is 68.7 Å². The smallest absolute Gasteiger partial charge is 0.191 e. The van der Waals surface area contributed by atoms with Gasteiger partial charge in [0.05, 0.1) is 6.54 Å². The second kappa shape index (κ2) is 9.23. The zero-order valence-corrected chi connectivity index (χ0v) is 16.0. The molecule has 0 spiro atoms. The van der Waals surface area contributed by atoms with Crippen LogP contribution < -0.4 is 10.6 Å². The van der Waals surface area contributed by atoms with Gasteiger partial charge in [-0.25, -0.2) is 4.99 Å². The molecule has 0 amide bonds. The molecule has 1 aliphatic carbocycles. The molecule has 3 rings (SSSR count). The van der Waals surface area contributed by atoms with Crippen LogP contribution in [0.25, 0.3) is 0 Å². The molecule has 0 unspecified atom stereocenters. The van der Waals surface area contributed by atoms with Crippen molar-refractivity contribution in [3.8, 4) is 0 Å². The van der Waals surface area contributed by atoms with Crippen LogP contribution in [-0.2, 0) is 19.4 Å². The van der Waals surface area contributed by atoms with Crippen molar-refractivity contribution in [3.05, 3.63) is 34.9 Å². The lowest BCUT2D eigenvalue weighted by Gasteiger charge is -2.32. The number of guanidine groups is 1. The normalized spacial score (nSPS) is 19.0. The molecule has 1 aliphatic heterocycles. The molecule has 2 N–H and O–H groups in total. The van der Waals surface area contributed by atoms with Gasteiger partial charge in [-0.15, -0.1) is 0 Å². The van der Waals surface area contributed by atoms with Crippen molar-refractivity contribution in [2.75, 3.05) is 26.2 Å². The fourth-order valence-electron chi connectivity index (χ4n) is 4.02. The number of rotatable bonds is 6. The second-order valence-corrected chi connectivity index (χ2v) is 7.41. The van der Waals surface area contributed by atoms with Crippen LogP contribution in [0.5, 0.6) is 0 Å². The fraction of sp³-hybridized carbons (Fsp3) is 0.667. The first kappa shape index (κ1) is 18.2. The summed E-state index contributed by atoms with van der Waals surface area (Å²) in [4.78, 5) is 7.42. The number of hydrogen-bond acceptors (Lipinski definition) is 2. The summed E-state index contributed by atoms with van der Waals surface area (Å²) < 4.78 is 0. The van der Waals surface area contributed by atoms with Gasteiger partial charge >= 0.3 is 0 Å². The molecule has 1 fully saturated rings. The summed E-state index contributed by atoms with van der Waals surface area (Å²) in [7, 11) is 0. The third-order valence-corrected chi connectivity index (χ3v) is 5.40. The van der Waals surface area contributed by atoms with E-state index in [1.54, 1.807) is 0 Å². The Kier molecular flexibility index (Phi) is 6.74. The molecular weight excluding hydrogens is 308 g/mol. The van der Waals surface area contributed by atoms with E-state index in [0.717, 1.165) is 19.0 Å². The average Bonchev–Trinajstić information content (AvgIpc) is 3.09. The molecule has 0 bridgehead atoms. The number of aliphatic imine (C=N–C) groups is 1. The highest BCUT2D eigenvalue weighted by atomic mass is 15.2. The number of nitrogens with one attached hydrogen (secondary N) is 2. The topological polar surface area (TPSA) is 39.7 Å². The van der Waals surface area contributed by atoms with Crippen LogP contribution in [0.4, 0.5) is 0 Å². The number of hydrogen-bond donors (Lipinski definition) is 2. The third-order valence-electron chi connectivity index (χ3n) is 5.40. The van der Waals surface area contributed by atoms with Crippen LogP contribution in [0, 0.1) is 0 Å². The van der Waals surface area contributed by atoms with E-state index in [2.05, 4.69) is 47.6 Å². The largest absolute Gasteiger partial charge is 0.357 e. The Hall–Kier alpha value is -1.55. The molecule has 0 radical (unpaired) electrons. The minimum absolute atomic E-state index is 0.547. The summed E-state index contributed by atoms with van der Waals surface area (Å²) in [5.74, 6) is 0.969. The van der Waals surface area contributed by atoms with Gasteiger partial charge in [0, 0.05) is 25.7 Å². The number of benzene rings is 1. The lowest BCUT2D eigenvalue weighted by Crippen LogP contribution is -2.48. The summed E-state index contributed by atoms with van der Waals surface area (Å²) in [6.45, 7) is 9.71. The van der Waals surface area contributed by atoms with Gasteiger partial charge in [-0.2, -0.15) is 0 Å². The van der Waals surface area contributed by atoms with Crippen LogP contribution in [0.3, 0.4) is 0 Å². The number of nitrogens with zero attached hydrogens (tertiary/aromatic N) is 2. The molecule has 1 saturated heterocycles. The van der Waals surface area contributed by atoms with Crippen molar-refractivity contribution >= 4 is 5.96 Å². The SMILES string of the molecule is CCCN1CCC(NC(=NCc2ccc3c(c2)CCC3)NCC)CC1.